The molecule has 1 aliphatic rings. The normalized spacial score (nSPS) is 15.2. The van der Waals surface area contributed by atoms with E-state index >= 15 is 0 Å². The van der Waals surface area contributed by atoms with Gasteiger partial charge in [0.15, 0.2) is 0 Å². The number of rotatable bonds is 4. The number of benzene rings is 1. The molecule has 0 saturated carbocycles. The fourth-order valence-corrected chi connectivity index (χ4v) is 2.05. The Morgan fingerprint density at radius 1 is 1.42 bits per heavy atom. The maximum atomic E-state index is 11.5. The Morgan fingerprint density at radius 2 is 2.16 bits per heavy atom. The van der Waals surface area contributed by atoms with E-state index < -0.39 is 0 Å². The molecule has 1 aliphatic heterocycles. The van der Waals surface area contributed by atoms with Crippen molar-refractivity contribution >= 4 is 17.3 Å². The Bertz CT molecular complexity index is 442. The maximum absolute atomic E-state index is 11.5. The SMILES string of the molecule is CCC(=O)Nc1cc(N2CCOCC2)ccc1OC. The second-order valence-corrected chi connectivity index (χ2v) is 4.39. The van der Waals surface area contributed by atoms with Crippen LogP contribution in [-0.2, 0) is 9.53 Å². The lowest BCUT2D eigenvalue weighted by atomic mass is 10.2. The maximum Gasteiger partial charge on any atom is 0.224 e. The third kappa shape index (κ3) is 3.38. The van der Waals surface area contributed by atoms with Crippen molar-refractivity contribution in [3.63, 3.8) is 0 Å². The van der Waals surface area contributed by atoms with Gasteiger partial charge in [-0.15, -0.1) is 0 Å². The predicted octanol–water partition coefficient (Wildman–Crippen LogP) is 1.88. The summed E-state index contributed by atoms with van der Waals surface area (Å²) in [5.41, 5.74) is 1.80. The second-order valence-electron chi connectivity index (χ2n) is 4.39. The van der Waals surface area contributed by atoms with Crippen molar-refractivity contribution in [1.82, 2.24) is 0 Å². The first kappa shape index (κ1) is 13.7. The van der Waals surface area contributed by atoms with E-state index in [-0.39, 0.29) is 5.91 Å². The lowest BCUT2D eigenvalue weighted by Gasteiger charge is -2.29. The number of ether oxygens (including phenoxy) is 2. The summed E-state index contributed by atoms with van der Waals surface area (Å²) in [6.07, 6.45) is 0.449. The van der Waals surface area contributed by atoms with Crippen LogP contribution in [0.5, 0.6) is 5.75 Å². The minimum Gasteiger partial charge on any atom is -0.495 e. The summed E-state index contributed by atoms with van der Waals surface area (Å²) < 4.78 is 10.6. The quantitative estimate of drug-likeness (QED) is 0.902. The van der Waals surface area contributed by atoms with Crippen molar-refractivity contribution in [1.29, 1.82) is 0 Å². The molecule has 19 heavy (non-hydrogen) atoms. The van der Waals surface area contributed by atoms with Gasteiger partial charge in [-0.25, -0.2) is 0 Å². The lowest BCUT2D eigenvalue weighted by Crippen LogP contribution is -2.36. The smallest absolute Gasteiger partial charge is 0.224 e. The molecule has 1 N–H and O–H groups in total. The Hall–Kier alpha value is -1.75. The molecule has 1 aromatic carbocycles. The number of hydrogen-bond acceptors (Lipinski definition) is 4. The van der Waals surface area contributed by atoms with Crippen LogP contribution in [0.15, 0.2) is 18.2 Å². The highest BCUT2D eigenvalue weighted by Crippen LogP contribution is 2.30. The van der Waals surface area contributed by atoms with Crippen LogP contribution in [0, 0.1) is 0 Å². The zero-order valence-corrected chi connectivity index (χ0v) is 11.4. The summed E-state index contributed by atoms with van der Waals surface area (Å²) in [5.74, 6) is 0.663. The fourth-order valence-electron chi connectivity index (χ4n) is 2.05. The number of amides is 1. The Morgan fingerprint density at radius 3 is 2.79 bits per heavy atom. The minimum atomic E-state index is -0.0163. The molecule has 0 spiro atoms. The summed E-state index contributed by atoms with van der Waals surface area (Å²) in [6, 6.07) is 5.85. The van der Waals surface area contributed by atoms with Crippen molar-refractivity contribution in [2.45, 2.75) is 13.3 Å². The van der Waals surface area contributed by atoms with Gasteiger partial charge < -0.3 is 19.7 Å². The monoisotopic (exact) mass is 264 g/mol. The average molecular weight is 264 g/mol. The first-order valence-electron chi connectivity index (χ1n) is 6.55. The Kier molecular flexibility index (Phi) is 4.63. The predicted molar refractivity (Wildman–Crippen MR) is 74.9 cm³/mol. The van der Waals surface area contributed by atoms with Gasteiger partial charge in [-0.3, -0.25) is 4.79 Å². The summed E-state index contributed by atoms with van der Waals surface area (Å²) in [4.78, 5) is 13.8. The Labute approximate surface area is 113 Å². The van der Waals surface area contributed by atoms with Gasteiger partial charge in [-0.05, 0) is 18.2 Å². The molecule has 5 nitrogen and oxygen atoms in total. The van der Waals surface area contributed by atoms with Crippen LogP contribution in [0.3, 0.4) is 0 Å². The van der Waals surface area contributed by atoms with E-state index in [4.69, 9.17) is 9.47 Å². The van der Waals surface area contributed by atoms with E-state index in [0.717, 1.165) is 37.7 Å². The number of carbonyl (C=O) groups is 1. The first-order chi connectivity index (χ1) is 9.24. The molecule has 2 rings (SSSR count). The molecule has 0 radical (unpaired) electrons. The molecule has 1 saturated heterocycles. The van der Waals surface area contributed by atoms with Crippen molar-refractivity contribution in [3.05, 3.63) is 18.2 Å². The largest absolute Gasteiger partial charge is 0.495 e. The van der Waals surface area contributed by atoms with Crippen LogP contribution in [0.1, 0.15) is 13.3 Å². The molecule has 5 heteroatoms. The van der Waals surface area contributed by atoms with Gasteiger partial charge in [0, 0.05) is 25.2 Å². The van der Waals surface area contributed by atoms with Gasteiger partial charge in [-0.1, -0.05) is 6.92 Å². The molecular weight excluding hydrogens is 244 g/mol. The summed E-state index contributed by atoms with van der Waals surface area (Å²) in [5, 5.41) is 2.87. The van der Waals surface area contributed by atoms with Gasteiger partial charge >= 0.3 is 0 Å². The molecule has 1 fully saturated rings. The van der Waals surface area contributed by atoms with Gasteiger partial charge in [0.25, 0.3) is 0 Å². The van der Waals surface area contributed by atoms with Crippen LogP contribution < -0.4 is 15.0 Å². The zero-order valence-electron chi connectivity index (χ0n) is 11.4. The van der Waals surface area contributed by atoms with Crippen LogP contribution in [0.4, 0.5) is 11.4 Å². The molecule has 1 aromatic rings. The van der Waals surface area contributed by atoms with Crippen LogP contribution in [0.25, 0.3) is 0 Å². The number of nitrogens with zero attached hydrogens (tertiary/aromatic N) is 1. The fraction of sp³-hybridized carbons (Fsp3) is 0.500. The van der Waals surface area contributed by atoms with E-state index in [9.17, 15) is 4.79 Å². The highest BCUT2D eigenvalue weighted by molar-refractivity contribution is 5.92. The number of hydrogen-bond donors (Lipinski definition) is 1. The number of carbonyl (C=O) groups excluding carboxylic acids is 1. The number of methoxy groups -OCH3 is 1. The van der Waals surface area contributed by atoms with E-state index in [0.29, 0.717) is 12.2 Å². The van der Waals surface area contributed by atoms with Crippen molar-refractivity contribution < 1.29 is 14.3 Å². The minimum absolute atomic E-state index is 0.0163. The van der Waals surface area contributed by atoms with Crippen LogP contribution >= 0.6 is 0 Å². The zero-order chi connectivity index (χ0) is 13.7. The van der Waals surface area contributed by atoms with Gasteiger partial charge in [0.05, 0.1) is 26.0 Å². The summed E-state index contributed by atoms with van der Waals surface area (Å²) >= 11 is 0. The van der Waals surface area contributed by atoms with E-state index in [1.807, 2.05) is 25.1 Å². The van der Waals surface area contributed by atoms with E-state index in [1.54, 1.807) is 7.11 Å². The summed E-state index contributed by atoms with van der Waals surface area (Å²) in [7, 11) is 1.60. The molecule has 1 heterocycles. The molecule has 0 unspecified atom stereocenters. The molecule has 0 atom stereocenters. The number of morpholine rings is 1. The van der Waals surface area contributed by atoms with Crippen molar-refractivity contribution in [3.8, 4) is 5.75 Å². The molecule has 0 aliphatic carbocycles. The Balaban J connectivity index is 2.21. The molecule has 0 aromatic heterocycles. The van der Waals surface area contributed by atoms with Gasteiger partial charge in [0.2, 0.25) is 5.91 Å². The average Bonchev–Trinajstić information content (AvgIpc) is 2.48. The van der Waals surface area contributed by atoms with Crippen molar-refractivity contribution in [2.75, 3.05) is 43.6 Å². The highest BCUT2D eigenvalue weighted by atomic mass is 16.5. The van der Waals surface area contributed by atoms with Crippen molar-refractivity contribution in [2.24, 2.45) is 0 Å². The van der Waals surface area contributed by atoms with Crippen LogP contribution in [-0.4, -0.2) is 39.3 Å². The standard InChI is InChI=1S/C14H20N2O3/c1-3-14(17)15-12-10-11(4-5-13(12)18-2)16-6-8-19-9-7-16/h4-5,10H,3,6-9H2,1-2H3,(H,15,17). The number of nitrogens with one attached hydrogen (secondary N) is 1. The first-order valence-corrected chi connectivity index (χ1v) is 6.55. The third-order valence-corrected chi connectivity index (χ3v) is 3.15. The summed E-state index contributed by atoms with van der Waals surface area (Å²) in [6.45, 7) is 5.04. The van der Waals surface area contributed by atoms with Gasteiger partial charge in [0.1, 0.15) is 5.75 Å². The molecule has 0 bridgehead atoms. The topological polar surface area (TPSA) is 50.8 Å². The second kappa shape index (κ2) is 6.43. The van der Waals surface area contributed by atoms with E-state index in [2.05, 4.69) is 10.2 Å². The third-order valence-electron chi connectivity index (χ3n) is 3.15. The number of anilines is 2. The molecular formula is C14H20N2O3. The molecule has 104 valence electrons. The molecule has 1 amide bonds. The van der Waals surface area contributed by atoms with E-state index in [1.165, 1.54) is 0 Å². The van der Waals surface area contributed by atoms with Gasteiger partial charge in [-0.2, -0.15) is 0 Å². The highest BCUT2D eigenvalue weighted by Gasteiger charge is 2.14. The van der Waals surface area contributed by atoms with Crippen LogP contribution in [0.2, 0.25) is 0 Å². The lowest BCUT2D eigenvalue weighted by molar-refractivity contribution is -0.115.